The van der Waals surface area contributed by atoms with Crippen molar-refractivity contribution in [1.29, 1.82) is 0 Å². The van der Waals surface area contributed by atoms with E-state index < -0.39 is 0 Å². The number of amides is 2. The number of nitrogens with zero attached hydrogens (tertiary/aromatic N) is 4. The van der Waals surface area contributed by atoms with E-state index in [1.807, 2.05) is 28.5 Å². The summed E-state index contributed by atoms with van der Waals surface area (Å²) in [5, 5.41) is 13.0. The van der Waals surface area contributed by atoms with Gasteiger partial charge in [0.25, 0.3) is 5.91 Å². The Hall–Kier alpha value is -2.48. The lowest BCUT2D eigenvalue weighted by atomic mass is 9.99. The lowest BCUT2D eigenvalue weighted by Gasteiger charge is -2.35. The summed E-state index contributed by atoms with van der Waals surface area (Å²) in [6, 6.07) is 4.49. The van der Waals surface area contributed by atoms with Crippen LogP contribution in [0, 0.1) is 0 Å². The second-order valence-electron chi connectivity index (χ2n) is 7.43. The minimum absolute atomic E-state index is 0.0705. The molecule has 0 aromatic carbocycles. The van der Waals surface area contributed by atoms with Gasteiger partial charge in [-0.05, 0) is 56.0 Å². The summed E-state index contributed by atoms with van der Waals surface area (Å²) in [5.74, 6) is -0.0804. The van der Waals surface area contributed by atoms with Crippen LogP contribution in [0.15, 0.2) is 29.8 Å². The van der Waals surface area contributed by atoms with E-state index in [1.165, 1.54) is 0 Å². The Kier molecular flexibility index (Phi) is 5.85. The zero-order valence-electron chi connectivity index (χ0n) is 15.8. The number of hydrogen-bond donors (Lipinski definition) is 1. The zero-order valence-corrected chi connectivity index (χ0v) is 16.6. The predicted molar refractivity (Wildman–Crippen MR) is 108 cm³/mol. The van der Waals surface area contributed by atoms with Gasteiger partial charge in [0.2, 0.25) is 5.91 Å². The van der Waals surface area contributed by atoms with Crippen LogP contribution in [0.25, 0.3) is 6.08 Å². The fraction of sp³-hybridized carbons (Fsp3) is 0.500. The Morgan fingerprint density at radius 2 is 2.18 bits per heavy atom. The van der Waals surface area contributed by atoms with Crippen molar-refractivity contribution in [2.24, 2.45) is 0 Å². The molecule has 0 radical (unpaired) electrons. The lowest BCUT2D eigenvalue weighted by Crippen LogP contribution is -2.43. The summed E-state index contributed by atoms with van der Waals surface area (Å²) in [7, 11) is 0. The summed E-state index contributed by atoms with van der Waals surface area (Å²) in [6.07, 6.45) is 11.4. The number of hydrogen-bond acceptors (Lipinski definition) is 5. The molecule has 2 amide bonds. The van der Waals surface area contributed by atoms with Crippen molar-refractivity contribution in [1.82, 2.24) is 25.2 Å². The second kappa shape index (κ2) is 8.68. The molecule has 0 spiro atoms. The van der Waals surface area contributed by atoms with Gasteiger partial charge in [-0.15, -0.1) is 16.4 Å². The molecule has 2 aromatic rings. The van der Waals surface area contributed by atoms with E-state index in [0.717, 1.165) is 49.9 Å². The number of nitrogens with one attached hydrogen (secondary N) is 1. The molecule has 1 saturated heterocycles. The van der Waals surface area contributed by atoms with E-state index in [1.54, 1.807) is 28.3 Å². The van der Waals surface area contributed by atoms with Gasteiger partial charge in [-0.1, -0.05) is 11.3 Å². The topological polar surface area (TPSA) is 80.1 Å². The maximum Gasteiger partial charge on any atom is 0.273 e. The van der Waals surface area contributed by atoms with E-state index in [0.29, 0.717) is 18.3 Å². The number of carbonyl (C=O) groups excluding carboxylic acids is 2. The number of thiophene rings is 1. The van der Waals surface area contributed by atoms with Gasteiger partial charge in [-0.2, -0.15) is 0 Å². The van der Waals surface area contributed by atoms with Crippen LogP contribution in [-0.4, -0.2) is 50.3 Å². The molecule has 2 aromatic heterocycles. The summed E-state index contributed by atoms with van der Waals surface area (Å²) < 4.78 is 1.71. The molecule has 0 bridgehead atoms. The van der Waals surface area contributed by atoms with E-state index in [-0.39, 0.29) is 17.9 Å². The standard InChI is InChI=1S/C20H25N5O2S/c26-19(9-8-17-5-3-13-28-17)25-11-2-1-4-16(25)10-12-24-14-18(22-23-24)20(27)21-15-6-7-15/h3,5,8-9,13-16H,1-2,4,6-7,10-12H2,(H,21,27)/b9-8+/t16-/m0/s1. The van der Waals surface area contributed by atoms with Crippen LogP contribution in [0.1, 0.15) is 53.9 Å². The Balaban J connectivity index is 1.32. The predicted octanol–water partition coefficient (Wildman–Crippen LogP) is 2.72. The molecule has 1 atom stereocenters. The minimum Gasteiger partial charge on any atom is -0.348 e. The molecule has 148 valence electrons. The number of aryl methyl sites for hydroxylation is 1. The minimum atomic E-state index is -0.151. The van der Waals surface area contributed by atoms with Crippen molar-refractivity contribution in [3.05, 3.63) is 40.4 Å². The van der Waals surface area contributed by atoms with Gasteiger partial charge in [0.05, 0.1) is 6.20 Å². The quantitative estimate of drug-likeness (QED) is 0.726. The first-order valence-corrected chi connectivity index (χ1v) is 10.8. The Bertz CT molecular complexity index is 841. The molecule has 7 nitrogen and oxygen atoms in total. The monoisotopic (exact) mass is 399 g/mol. The number of likely N-dealkylation sites (tertiary alicyclic amines) is 1. The van der Waals surface area contributed by atoms with Crippen molar-refractivity contribution in [2.45, 2.75) is 57.2 Å². The molecule has 0 unspecified atom stereocenters. The Labute approximate surface area is 168 Å². The summed E-state index contributed by atoms with van der Waals surface area (Å²) in [5.41, 5.74) is 0.363. The Morgan fingerprint density at radius 1 is 1.29 bits per heavy atom. The third-order valence-electron chi connectivity index (χ3n) is 5.22. The summed E-state index contributed by atoms with van der Waals surface area (Å²) >= 11 is 1.62. The third kappa shape index (κ3) is 4.86. The average Bonchev–Trinajstić information content (AvgIpc) is 3.19. The molecule has 2 aliphatic rings. The normalized spacial score (nSPS) is 19.9. The number of rotatable bonds is 7. The van der Waals surface area contributed by atoms with Crippen molar-refractivity contribution in [3.8, 4) is 0 Å². The highest BCUT2D eigenvalue weighted by Gasteiger charge is 2.26. The smallest absolute Gasteiger partial charge is 0.273 e. The maximum absolute atomic E-state index is 12.7. The van der Waals surface area contributed by atoms with Crippen LogP contribution in [-0.2, 0) is 11.3 Å². The average molecular weight is 400 g/mol. The van der Waals surface area contributed by atoms with Gasteiger partial charge >= 0.3 is 0 Å². The molecule has 1 aliphatic heterocycles. The van der Waals surface area contributed by atoms with E-state index in [9.17, 15) is 9.59 Å². The molecular weight excluding hydrogens is 374 g/mol. The van der Waals surface area contributed by atoms with Crippen LogP contribution >= 0.6 is 11.3 Å². The number of aromatic nitrogens is 3. The lowest BCUT2D eigenvalue weighted by molar-refractivity contribution is -0.129. The van der Waals surface area contributed by atoms with Crippen molar-refractivity contribution in [3.63, 3.8) is 0 Å². The third-order valence-corrected chi connectivity index (χ3v) is 6.06. The van der Waals surface area contributed by atoms with Gasteiger partial charge in [-0.25, -0.2) is 0 Å². The van der Waals surface area contributed by atoms with Gasteiger partial charge < -0.3 is 10.2 Å². The van der Waals surface area contributed by atoms with Crippen molar-refractivity contribution < 1.29 is 9.59 Å². The first kappa shape index (κ1) is 18.9. The van der Waals surface area contributed by atoms with Crippen molar-refractivity contribution >= 4 is 29.2 Å². The molecule has 4 rings (SSSR count). The largest absolute Gasteiger partial charge is 0.348 e. The SMILES string of the molecule is O=C(NC1CC1)c1cn(CC[C@@H]2CCCCN2C(=O)/C=C/c2cccs2)nn1. The van der Waals surface area contributed by atoms with Crippen LogP contribution in [0.3, 0.4) is 0 Å². The fourth-order valence-corrected chi connectivity index (χ4v) is 4.12. The van der Waals surface area contributed by atoms with Crippen LogP contribution in [0.2, 0.25) is 0 Å². The molecule has 8 heteroatoms. The second-order valence-corrected chi connectivity index (χ2v) is 8.41. The molecule has 2 fully saturated rings. The molecule has 1 aliphatic carbocycles. The molecular formula is C20H25N5O2S. The van der Waals surface area contributed by atoms with Gasteiger partial charge in [0.15, 0.2) is 5.69 Å². The molecule has 28 heavy (non-hydrogen) atoms. The maximum atomic E-state index is 12.7. The fourth-order valence-electron chi connectivity index (χ4n) is 3.51. The Morgan fingerprint density at radius 3 is 2.96 bits per heavy atom. The summed E-state index contributed by atoms with van der Waals surface area (Å²) in [6.45, 7) is 1.44. The van der Waals surface area contributed by atoms with Crippen LogP contribution < -0.4 is 5.32 Å². The van der Waals surface area contributed by atoms with Gasteiger partial charge in [-0.3, -0.25) is 14.3 Å². The number of carbonyl (C=O) groups is 2. The van der Waals surface area contributed by atoms with Gasteiger partial charge in [0.1, 0.15) is 0 Å². The zero-order chi connectivity index (χ0) is 19.3. The van der Waals surface area contributed by atoms with Gasteiger partial charge in [0, 0.05) is 36.1 Å². The highest BCUT2D eigenvalue weighted by molar-refractivity contribution is 7.10. The summed E-state index contributed by atoms with van der Waals surface area (Å²) in [4.78, 5) is 27.8. The van der Waals surface area contributed by atoms with E-state index in [2.05, 4.69) is 15.6 Å². The molecule has 3 heterocycles. The highest BCUT2D eigenvalue weighted by atomic mass is 32.1. The van der Waals surface area contributed by atoms with E-state index in [4.69, 9.17) is 0 Å². The first-order chi connectivity index (χ1) is 13.7. The van der Waals surface area contributed by atoms with Crippen LogP contribution in [0.5, 0.6) is 0 Å². The number of piperidine rings is 1. The van der Waals surface area contributed by atoms with Crippen LogP contribution in [0.4, 0.5) is 0 Å². The van der Waals surface area contributed by atoms with E-state index >= 15 is 0 Å². The highest BCUT2D eigenvalue weighted by Crippen LogP contribution is 2.22. The molecule has 1 N–H and O–H groups in total. The first-order valence-electron chi connectivity index (χ1n) is 9.92. The van der Waals surface area contributed by atoms with Crippen molar-refractivity contribution in [2.75, 3.05) is 6.54 Å². The molecule has 1 saturated carbocycles.